The summed E-state index contributed by atoms with van der Waals surface area (Å²) < 4.78 is 4.94. The fourth-order valence-electron chi connectivity index (χ4n) is 3.28. The van der Waals surface area contributed by atoms with E-state index in [0.29, 0.717) is 5.69 Å². The van der Waals surface area contributed by atoms with Crippen molar-refractivity contribution in [3.05, 3.63) is 39.9 Å². The number of nitrogens with one attached hydrogen (secondary N) is 1. The summed E-state index contributed by atoms with van der Waals surface area (Å²) in [6, 6.07) is 7.18. The second-order valence-corrected chi connectivity index (χ2v) is 6.66. The van der Waals surface area contributed by atoms with Gasteiger partial charge in [0.2, 0.25) is 6.54 Å². The van der Waals surface area contributed by atoms with E-state index in [4.69, 9.17) is 4.74 Å². The predicted octanol–water partition coefficient (Wildman–Crippen LogP) is 1.98. The van der Waals surface area contributed by atoms with Gasteiger partial charge in [-0.3, -0.25) is 24.5 Å². The van der Waals surface area contributed by atoms with Crippen LogP contribution in [0.3, 0.4) is 0 Å². The summed E-state index contributed by atoms with van der Waals surface area (Å²) in [4.78, 5) is 46.2. The van der Waals surface area contributed by atoms with Gasteiger partial charge in [-0.25, -0.2) is 0 Å². The van der Waals surface area contributed by atoms with Gasteiger partial charge in [0.15, 0.2) is 6.61 Å². The van der Waals surface area contributed by atoms with E-state index in [9.17, 15) is 24.5 Å². The minimum absolute atomic E-state index is 0.143. The van der Waals surface area contributed by atoms with E-state index in [1.807, 2.05) is 19.1 Å². The Morgan fingerprint density at radius 2 is 2.04 bits per heavy atom. The first kappa shape index (κ1) is 19.6. The first-order valence-corrected chi connectivity index (χ1v) is 8.43. The van der Waals surface area contributed by atoms with Gasteiger partial charge in [0.05, 0.1) is 6.42 Å². The molecule has 2 rings (SSSR count). The van der Waals surface area contributed by atoms with Crippen molar-refractivity contribution in [3.63, 3.8) is 0 Å². The summed E-state index contributed by atoms with van der Waals surface area (Å²) >= 11 is 0. The van der Waals surface area contributed by atoms with E-state index in [-0.39, 0.29) is 31.1 Å². The lowest BCUT2D eigenvalue weighted by atomic mass is 9.88. The number of nitrogens with zero attached hydrogens (tertiary/aromatic N) is 1. The average Bonchev–Trinajstić information content (AvgIpc) is 2.81. The lowest BCUT2D eigenvalue weighted by molar-refractivity contribution is -0.490. The molecule has 1 aliphatic rings. The van der Waals surface area contributed by atoms with Crippen molar-refractivity contribution < 1.29 is 24.0 Å². The summed E-state index contributed by atoms with van der Waals surface area (Å²) in [5.74, 6) is -2.69. The van der Waals surface area contributed by atoms with Crippen LogP contribution in [0.5, 0.6) is 0 Å². The molecule has 8 heteroatoms. The van der Waals surface area contributed by atoms with Crippen LogP contribution >= 0.6 is 0 Å². The van der Waals surface area contributed by atoms with Gasteiger partial charge in [-0.05, 0) is 24.5 Å². The van der Waals surface area contributed by atoms with Crippen molar-refractivity contribution in [2.24, 2.45) is 17.8 Å². The zero-order chi connectivity index (χ0) is 19.3. The second-order valence-electron chi connectivity index (χ2n) is 6.66. The molecule has 0 radical (unpaired) electrons. The number of Topliss-reactive ketones (excluding diaryl/α,β-unsaturated/α-hetero) is 1. The van der Waals surface area contributed by atoms with Crippen LogP contribution in [0.25, 0.3) is 0 Å². The number of esters is 1. The second kappa shape index (κ2) is 8.55. The Labute approximate surface area is 151 Å². The Bertz CT molecular complexity index is 717. The maximum atomic E-state index is 12.0. The van der Waals surface area contributed by atoms with Crippen LogP contribution in [0.15, 0.2) is 24.3 Å². The van der Waals surface area contributed by atoms with E-state index in [1.165, 1.54) is 0 Å². The van der Waals surface area contributed by atoms with Gasteiger partial charge >= 0.3 is 5.97 Å². The molecular weight excluding hydrogens is 340 g/mol. The SMILES string of the molecule is Cc1ccccc1NC(=O)COC(=O)C[C@H]1C(=O)C[C@@H](C)[C@@H]1C[N+](=O)[O-]. The van der Waals surface area contributed by atoms with Crippen LogP contribution in [0.4, 0.5) is 5.69 Å². The van der Waals surface area contributed by atoms with Gasteiger partial charge in [-0.15, -0.1) is 0 Å². The fraction of sp³-hybridized carbons (Fsp3) is 0.500. The third-order valence-corrected chi connectivity index (χ3v) is 4.71. The standard InChI is InChI=1S/C18H22N2O6/c1-11-5-3-4-6-15(11)19-17(22)10-26-18(23)8-13-14(9-20(24)25)12(2)7-16(13)21/h3-6,12-14H,7-10H2,1-2H3,(H,19,22)/t12-,13-,14+/m1/s1. The van der Waals surface area contributed by atoms with E-state index in [0.717, 1.165) is 5.56 Å². The Morgan fingerprint density at radius 1 is 1.35 bits per heavy atom. The Hall–Kier alpha value is -2.77. The fourth-order valence-corrected chi connectivity index (χ4v) is 3.28. The normalized spacial score (nSPS) is 22.1. The zero-order valence-corrected chi connectivity index (χ0v) is 14.8. The lowest BCUT2D eigenvalue weighted by Crippen LogP contribution is -2.28. The van der Waals surface area contributed by atoms with Crippen molar-refractivity contribution in [2.45, 2.75) is 26.7 Å². The number of para-hydroxylation sites is 1. The molecule has 1 saturated carbocycles. The molecule has 0 bridgehead atoms. The van der Waals surface area contributed by atoms with Crippen molar-refractivity contribution in [2.75, 3.05) is 18.5 Å². The molecule has 1 fully saturated rings. The third kappa shape index (κ3) is 5.11. The molecule has 1 aromatic rings. The molecule has 140 valence electrons. The predicted molar refractivity (Wildman–Crippen MR) is 93.0 cm³/mol. The molecule has 26 heavy (non-hydrogen) atoms. The Kier molecular flexibility index (Phi) is 6.43. The largest absolute Gasteiger partial charge is 0.456 e. The van der Waals surface area contributed by atoms with Crippen LogP contribution in [0.2, 0.25) is 0 Å². The van der Waals surface area contributed by atoms with Crippen molar-refractivity contribution in [1.82, 2.24) is 0 Å². The lowest BCUT2D eigenvalue weighted by Gasteiger charge is -2.17. The molecule has 0 aromatic heterocycles. The molecule has 1 amide bonds. The van der Waals surface area contributed by atoms with Crippen LogP contribution in [0.1, 0.15) is 25.3 Å². The van der Waals surface area contributed by atoms with Gasteiger partial charge in [0.25, 0.3) is 5.91 Å². The van der Waals surface area contributed by atoms with E-state index in [1.54, 1.807) is 19.1 Å². The topological polar surface area (TPSA) is 116 Å². The minimum atomic E-state index is -0.720. The number of benzene rings is 1. The molecule has 0 heterocycles. The summed E-state index contributed by atoms with van der Waals surface area (Å²) in [6.45, 7) is 2.79. The number of ether oxygens (including phenoxy) is 1. The number of anilines is 1. The number of ketones is 1. The van der Waals surface area contributed by atoms with Crippen LogP contribution in [-0.4, -0.2) is 35.7 Å². The van der Waals surface area contributed by atoms with Crippen LogP contribution in [-0.2, 0) is 19.1 Å². The highest BCUT2D eigenvalue weighted by Gasteiger charge is 2.44. The molecule has 3 atom stereocenters. The van der Waals surface area contributed by atoms with Crippen molar-refractivity contribution in [1.29, 1.82) is 0 Å². The maximum absolute atomic E-state index is 12.0. The molecule has 0 spiro atoms. The Balaban J connectivity index is 1.85. The van der Waals surface area contributed by atoms with Crippen LogP contribution < -0.4 is 5.32 Å². The maximum Gasteiger partial charge on any atom is 0.307 e. The van der Waals surface area contributed by atoms with E-state index in [2.05, 4.69) is 5.32 Å². The van der Waals surface area contributed by atoms with Gasteiger partial charge in [0.1, 0.15) is 5.78 Å². The number of hydrogen-bond acceptors (Lipinski definition) is 6. The number of rotatable bonds is 7. The molecule has 0 aliphatic heterocycles. The molecule has 1 aromatic carbocycles. The number of hydrogen-bond donors (Lipinski definition) is 1. The van der Waals surface area contributed by atoms with Crippen molar-refractivity contribution >= 4 is 23.3 Å². The number of carbonyl (C=O) groups excluding carboxylic acids is 3. The molecule has 1 aliphatic carbocycles. The zero-order valence-electron chi connectivity index (χ0n) is 14.8. The summed E-state index contributed by atoms with van der Waals surface area (Å²) in [5, 5.41) is 13.4. The molecule has 8 nitrogen and oxygen atoms in total. The van der Waals surface area contributed by atoms with Crippen molar-refractivity contribution in [3.8, 4) is 0 Å². The summed E-state index contributed by atoms with van der Waals surface area (Å²) in [5.41, 5.74) is 1.50. The third-order valence-electron chi connectivity index (χ3n) is 4.71. The highest BCUT2D eigenvalue weighted by atomic mass is 16.6. The smallest absolute Gasteiger partial charge is 0.307 e. The number of carbonyl (C=O) groups is 3. The van der Waals surface area contributed by atoms with Gasteiger partial charge < -0.3 is 10.1 Å². The highest BCUT2D eigenvalue weighted by molar-refractivity contribution is 5.94. The minimum Gasteiger partial charge on any atom is -0.456 e. The van der Waals surface area contributed by atoms with E-state index >= 15 is 0 Å². The monoisotopic (exact) mass is 362 g/mol. The number of nitro groups is 1. The van der Waals surface area contributed by atoms with Gasteiger partial charge in [0, 0.05) is 28.9 Å². The summed E-state index contributed by atoms with van der Waals surface area (Å²) in [6.07, 6.45) is -0.0104. The molecule has 0 saturated heterocycles. The molecular formula is C18H22N2O6. The average molecular weight is 362 g/mol. The molecule has 1 N–H and O–H groups in total. The molecule has 0 unspecified atom stereocenters. The highest BCUT2D eigenvalue weighted by Crippen LogP contribution is 2.36. The van der Waals surface area contributed by atoms with Gasteiger partial charge in [-0.2, -0.15) is 0 Å². The number of amides is 1. The number of aryl methyl sites for hydroxylation is 1. The first-order valence-electron chi connectivity index (χ1n) is 8.43. The van der Waals surface area contributed by atoms with Crippen LogP contribution in [0, 0.1) is 34.8 Å². The Morgan fingerprint density at radius 3 is 2.69 bits per heavy atom. The quantitative estimate of drug-likeness (QED) is 0.450. The first-order chi connectivity index (χ1) is 12.3. The summed E-state index contributed by atoms with van der Waals surface area (Å²) in [7, 11) is 0. The van der Waals surface area contributed by atoms with Gasteiger partial charge in [-0.1, -0.05) is 25.1 Å². The van der Waals surface area contributed by atoms with E-state index < -0.39 is 35.2 Å².